The Morgan fingerprint density at radius 2 is 2.46 bits per heavy atom. The van der Waals surface area contributed by atoms with Crippen LogP contribution in [0.2, 0.25) is 0 Å². The van der Waals surface area contributed by atoms with Crippen LogP contribution in [0.25, 0.3) is 0 Å². The molecule has 0 spiro atoms. The summed E-state index contributed by atoms with van der Waals surface area (Å²) >= 11 is 0. The van der Waals surface area contributed by atoms with E-state index in [1.54, 1.807) is 20.1 Å². The molecule has 0 unspecified atom stereocenters. The highest BCUT2D eigenvalue weighted by Crippen LogP contribution is 2.03. The first kappa shape index (κ1) is 9.77. The fourth-order valence-electron chi connectivity index (χ4n) is 0.986. The van der Waals surface area contributed by atoms with E-state index >= 15 is 0 Å². The first-order chi connectivity index (χ1) is 6.22. The average Bonchev–Trinajstić information content (AvgIpc) is 2.49. The zero-order valence-corrected chi connectivity index (χ0v) is 7.87. The van der Waals surface area contributed by atoms with Gasteiger partial charge in [0.05, 0.1) is 18.7 Å². The van der Waals surface area contributed by atoms with Crippen LogP contribution in [0.15, 0.2) is 10.7 Å². The van der Waals surface area contributed by atoms with Gasteiger partial charge in [-0.15, -0.1) is 0 Å². The molecule has 13 heavy (non-hydrogen) atoms. The standard InChI is InChI=1S/C9H13NO3/c1-3-12-9(11)5-4-8-6-13-7(2)10-8/h6H,3-5H2,1-2H3. The normalized spacial score (nSPS) is 10.0. The van der Waals surface area contributed by atoms with E-state index in [1.165, 1.54) is 0 Å². The van der Waals surface area contributed by atoms with Crippen LogP contribution in [0.1, 0.15) is 24.9 Å². The van der Waals surface area contributed by atoms with Crippen molar-refractivity contribution in [2.75, 3.05) is 6.61 Å². The first-order valence-corrected chi connectivity index (χ1v) is 4.29. The van der Waals surface area contributed by atoms with E-state index in [-0.39, 0.29) is 5.97 Å². The maximum absolute atomic E-state index is 10.9. The molecule has 0 aliphatic rings. The van der Waals surface area contributed by atoms with Crippen molar-refractivity contribution in [3.8, 4) is 0 Å². The Morgan fingerprint density at radius 3 is 3.00 bits per heavy atom. The molecule has 0 radical (unpaired) electrons. The van der Waals surface area contributed by atoms with Crippen LogP contribution in [0, 0.1) is 6.92 Å². The number of esters is 1. The Balaban J connectivity index is 2.30. The van der Waals surface area contributed by atoms with E-state index in [9.17, 15) is 4.79 Å². The lowest BCUT2D eigenvalue weighted by molar-refractivity contribution is -0.143. The van der Waals surface area contributed by atoms with Crippen LogP contribution in [-0.4, -0.2) is 17.6 Å². The second-order valence-corrected chi connectivity index (χ2v) is 2.66. The van der Waals surface area contributed by atoms with Crippen molar-refractivity contribution in [1.29, 1.82) is 0 Å². The topological polar surface area (TPSA) is 52.3 Å². The van der Waals surface area contributed by atoms with Crippen LogP contribution in [-0.2, 0) is 16.0 Å². The Labute approximate surface area is 76.9 Å². The molecule has 0 saturated carbocycles. The van der Waals surface area contributed by atoms with Crippen molar-refractivity contribution >= 4 is 5.97 Å². The van der Waals surface area contributed by atoms with Crippen LogP contribution in [0.4, 0.5) is 0 Å². The van der Waals surface area contributed by atoms with Crippen LogP contribution in [0.3, 0.4) is 0 Å². The summed E-state index contributed by atoms with van der Waals surface area (Å²) in [5.41, 5.74) is 0.797. The van der Waals surface area contributed by atoms with Gasteiger partial charge in [0.2, 0.25) is 0 Å². The summed E-state index contributed by atoms with van der Waals surface area (Å²) < 4.78 is 9.77. The van der Waals surface area contributed by atoms with Crippen molar-refractivity contribution in [1.82, 2.24) is 4.98 Å². The lowest BCUT2D eigenvalue weighted by Crippen LogP contribution is -2.05. The number of hydrogen-bond acceptors (Lipinski definition) is 4. The number of carbonyl (C=O) groups is 1. The summed E-state index contributed by atoms with van der Waals surface area (Å²) in [6.45, 7) is 3.99. The molecule has 0 aliphatic heterocycles. The molecule has 1 rings (SSSR count). The van der Waals surface area contributed by atoms with Gasteiger partial charge in [0, 0.05) is 13.3 Å². The lowest BCUT2D eigenvalue weighted by Gasteiger charge is -1.98. The molecule has 1 aromatic rings. The molecule has 4 heteroatoms. The minimum Gasteiger partial charge on any atom is -0.466 e. The van der Waals surface area contributed by atoms with Crippen molar-refractivity contribution in [2.24, 2.45) is 0 Å². The third kappa shape index (κ3) is 3.27. The van der Waals surface area contributed by atoms with Crippen molar-refractivity contribution in [2.45, 2.75) is 26.7 Å². The molecule has 1 aromatic heterocycles. The highest BCUT2D eigenvalue weighted by Gasteiger charge is 2.05. The quantitative estimate of drug-likeness (QED) is 0.663. The van der Waals surface area contributed by atoms with Crippen molar-refractivity contribution in [3.05, 3.63) is 17.8 Å². The maximum atomic E-state index is 10.9. The SMILES string of the molecule is CCOC(=O)CCc1coc(C)n1. The molecule has 0 N–H and O–H groups in total. The van der Waals surface area contributed by atoms with Gasteiger partial charge in [-0.1, -0.05) is 0 Å². The van der Waals surface area contributed by atoms with Gasteiger partial charge in [0.15, 0.2) is 5.89 Å². The van der Waals surface area contributed by atoms with Gasteiger partial charge in [0.25, 0.3) is 0 Å². The fourth-order valence-corrected chi connectivity index (χ4v) is 0.986. The molecular formula is C9H13NO3. The Bertz CT molecular complexity index is 280. The number of hydrogen-bond donors (Lipinski definition) is 0. The van der Waals surface area contributed by atoms with Crippen LogP contribution < -0.4 is 0 Å². The molecule has 0 aromatic carbocycles. The number of ether oxygens (including phenoxy) is 1. The van der Waals surface area contributed by atoms with E-state index in [0.29, 0.717) is 25.3 Å². The summed E-state index contributed by atoms with van der Waals surface area (Å²) in [5.74, 6) is 0.432. The number of nitrogens with zero attached hydrogens (tertiary/aromatic N) is 1. The Kier molecular flexibility index (Phi) is 3.49. The Hall–Kier alpha value is -1.32. The van der Waals surface area contributed by atoms with E-state index in [4.69, 9.17) is 9.15 Å². The molecule has 72 valence electrons. The molecule has 0 fully saturated rings. The minimum absolute atomic E-state index is 0.192. The minimum atomic E-state index is -0.192. The molecule has 0 aliphatic carbocycles. The largest absolute Gasteiger partial charge is 0.466 e. The third-order valence-corrected chi connectivity index (χ3v) is 1.56. The number of aryl methyl sites for hydroxylation is 2. The molecule has 4 nitrogen and oxygen atoms in total. The number of aromatic nitrogens is 1. The summed E-state index contributed by atoms with van der Waals surface area (Å²) in [4.78, 5) is 15.0. The highest BCUT2D eigenvalue weighted by atomic mass is 16.5. The van der Waals surface area contributed by atoms with Crippen LogP contribution >= 0.6 is 0 Å². The first-order valence-electron chi connectivity index (χ1n) is 4.29. The van der Waals surface area contributed by atoms with Gasteiger partial charge >= 0.3 is 5.97 Å². The van der Waals surface area contributed by atoms with Gasteiger partial charge in [0.1, 0.15) is 6.26 Å². The smallest absolute Gasteiger partial charge is 0.306 e. The zero-order chi connectivity index (χ0) is 9.68. The Morgan fingerprint density at radius 1 is 1.69 bits per heavy atom. The van der Waals surface area contributed by atoms with Gasteiger partial charge in [-0.05, 0) is 6.92 Å². The van der Waals surface area contributed by atoms with Gasteiger partial charge in [-0.3, -0.25) is 4.79 Å². The lowest BCUT2D eigenvalue weighted by atomic mass is 10.2. The fraction of sp³-hybridized carbons (Fsp3) is 0.556. The van der Waals surface area contributed by atoms with Crippen LogP contribution in [0.5, 0.6) is 0 Å². The molecule has 0 amide bonds. The predicted octanol–water partition coefficient (Wildman–Crippen LogP) is 1.48. The number of carbonyl (C=O) groups excluding carboxylic acids is 1. The second kappa shape index (κ2) is 4.64. The highest BCUT2D eigenvalue weighted by molar-refractivity contribution is 5.69. The van der Waals surface area contributed by atoms with E-state index in [2.05, 4.69) is 4.98 Å². The molecule has 0 saturated heterocycles. The predicted molar refractivity (Wildman–Crippen MR) is 46.2 cm³/mol. The summed E-state index contributed by atoms with van der Waals surface area (Å²) in [6.07, 6.45) is 2.50. The average molecular weight is 183 g/mol. The van der Waals surface area contributed by atoms with Crippen molar-refractivity contribution in [3.63, 3.8) is 0 Å². The van der Waals surface area contributed by atoms with E-state index in [1.807, 2.05) is 0 Å². The van der Waals surface area contributed by atoms with Gasteiger partial charge in [-0.2, -0.15) is 0 Å². The number of oxazole rings is 1. The molecule has 0 atom stereocenters. The number of rotatable bonds is 4. The monoisotopic (exact) mass is 183 g/mol. The molecular weight excluding hydrogens is 170 g/mol. The summed E-state index contributed by atoms with van der Waals surface area (Å²) in [6, 6.07) is 0. The van der Waals surface area contributed by atoms with E-state index < -0.39 is 0 Å². The second-order valence-electron chi connectivity index (χ2n) is 2.66. The maximum Gasteiger partial charge on any atom is 0.306 e. The van der Waals surface area contributed by atoms with Crippen molar-refractivity contribution < 1.29 is 13.9 Å². The third-order valence-electron chi connectivity index (χ3n) is 1.56. The molecule has 0 bridgehead atoms. The zero-order valence-electron chi connectivity index (χ0n) is 7.87. The van der Waals surface area contributed by atoms with Gasteiger partial charge in [-0.25, -0.2) is 4.98 Å². The summed E-state index contributed by atoms with van der Waals surface area (Å²) in [7, 11) is 0. The van der Waals surface area contributed by atoms with Gasteiger partial charge < -0.3 is 9.15 Å². The molecule has 1 heterocycles. The van der Waals surface area contributed by atoms with E-state index in [0.717, 1.165) is 5.69 Å². The summed E-state index contributed by atoms with van der Waals surface area (Å²) in [5, 5.41) is 0.